The molecule has 2 rings (SSSR count). The maximum Gasteiger partial charge on any atom is 0.341 e. The van der Waals surface area contributed by atoms with E-state index in [1.54, 1.807) is 6.92 Å². The highest BCUT2D eigenvalue weighted by atomic mass is 32.1. The molecule has 1 aliphatic rings. The fourth-order valence-electron chi connectivity index (χ4n) is 3.54. The van der Waals surface area contributed by atoms with Crippen LogP contribution in [0.2, 0.25) is 0 Å². The number of amides is 1. The normalized spacial score (nSPS) is 17.2. The number of hydrogen-bond acceptors (Lipinski definition) is 6. The van der Waals surface area contributed by atoms with Gasteiger partial charge in [-0.3, -0.25) is 9.59 Å². The Hall–Kier alpha value is -1.93. The number of anilines is 1. The number of carbonyl (C=O) groups is 3. The second-order valence-electron chi connectivity index (χ2n) is 7.69. The van der Waals surface area contributed by atoms with Crippen molar-refractivity contribution in [1.82, 2.24) is 0 Å². The van der Waals surface area contributed by atoms with Gasteiger partial charge in [-0.05, 0) is 40.2 Å². The molecule has 7 nitrogen and oxygen atoms in total. The monoisotopic (exact) mass is 383 g/mol. The first-order valence-corrected chi connectivity index (χ1v) is 9.42. The molecule has 0 radical (unpaired) electrons. The number of hydrogen-bond donors (Lipinski definition) is 2. The van der Waals surface area contributed by atoms with Gasteiger partial charge in [0.15, 0.2) is 6.61 Å². The lowest BCUT2D eigenvalue weighted by atomic mass is 9.81. The summed E-state index contributed by atoms with van der Waals surface area (Å²) in [4.78, 5) is 36.7. The third-order valence-corrected chi connectivity index (χ3v) is 5.60. The molecule has 0 saturated carbocycles. The first-order chi connectivity index (χ1) is 12.0. The molecule has 144 valence electrons. The molecule has 26 heavy (non-hydrogen) atoms. The predicted octanol–water partition coefficient (Wildman–Crippen LogP) is 1.56. The van der Waals surface area contributed by atoms with Crippen LogP contribution < -0.4 is 10.6 Å². The smallest absolute Gasteiger partial charge is 0.341 e. The summed E-state index contributed by atoms with van der Waals surface area (Å²) in [5, 5.41) is 5.44. The van der Waals surface area contributed by atoms with Crippen molar-refractivity contribution in [2.45, 2.75) is 59.0 Å². The molecule has 1 aliphatic heterocycles. The third-order valence-electron chi connectivity index (χ3n) is 4.12. The van der Waals surface area contributed by atoms with Crippen LogP contribution in [0.3, 0.4) is 0 Å². The molecule has 0 bridgehead atoms. The Labute approximate surface area is 157 Å². The molecule has 0 unspecified atom stereocenters. The van der Waals surface area contributed by atoms with Crippen LogP contribution in [0.5, 0.6) is 0 Å². The van der Waals surface area contributed by atoms with E-state index in [9.17, 15) is 14.4 Å². The van der Waals surface area contributed by atoms with Crippen molar-refractivity contribution in [3.05, 3.63) is 16.0 Å². The fraction of sp³-hybridized carbons (Fsp3) is 0.611. The van der Waals surface area contributed by atoms with E-state index in [-0.39, 0.29) is 24.3 Å². The quantitative estimate of drug-likeness (QED) is 0.752. The zero-order valence-corrected chi connectivity index (χ0v) is 17.0. The lowest BCUT2D eigenvalue weighted by Crippen LogP contribution is -3.03. The lowest BCUT2D eigenvalue weighted by Gasteiger charge is -2.38. The van der Waals surface area contributed by atoms with Crippen molar-refractivity contribution in [3.8, 4) is 0 Å². The first-order valence-electron chi connectivity index (χ1n) is 8.60. The Morgan fingerprint density at radius 2 is 1.85 bits per heavy atom. The Balaban J connectivity index is 2.45. The van der Waals surface area contributed by atoms with Crippen molar-refractivity contribution >= 4 is 34.2 Å². The van der Waals surface area contributed by atoms with Crippen LogP contribution in [0.4, 0.5) is 5.00 Å². The minimum atomic E-state index is -0.534. The number of nitrogens with two attached hydrogens (primary N) is 1. The molecule has 0 saturated heterocycles. The Kier molecular flexibility index (Phi) is 5.77. The van der Waals surface area contributed by atoms with Gasteiger partial charge in [0, 0.05) is 13.3 Å². The number of fused-ring (bicyclic) bond motifs is 1. The summed E-state index contributed by atoms with van der Waals surface area (Å²) in [6.07, 6.45) is 0.691. The van der Waals surface area contributed by atoms with Gasteiger partial charge in [-0.2, -0.15) is 0 Å². The van der Waals surface area contributed by atoms with Gasteiger partial charge >= 0.3 is 11.9 Å². The van der Waals surface area contributed by atoms with Crippen molar-refractivity contribution in [2.24, 2.45) is 0 Å². The standard InChI is InChI=1S/C18H26N2O5S/c1-7-24-16(23)13-11-8-17(3,4)20-18(5,6)14(11)26-15(13)19-12(22)9-25-10(2)21/h20H,7-9H2,1-6H3,(H,19,22)/p+1. The van der Waals surface area contributed by atoms with E-state index < -0.39 is 17.8 Å². The summed E-state index contributed by atoms with van der Waals surface area (Å²) in [7, 11) is 0. The summed E-state index contributed by atoms with van der Waals surface area (Å²) in [6, 6.07) is 0. The van der Waals surface area contributed by atoms with Crippen molar-refractivity contribution in [2.75, 3.05) is 18.5 Å². The Morgan fingerprint density at radius 3 is 2.42 bits per heavy atom. The molecule has 3 N–H and O–H groups in total. The molecule has 2 heterocycles. The van der Waals surface area contributed by atoms with Crippen molar-refractivity contribution in [3.63, 3.8) is 0 Å². The minimum absolute atomic E-state index is 0.0855. The molecule has 0 aliphatic carbocycles. The number of ether oxygens (including phenoxy) is 2. The van der Waals surface area contributed by atoms with Crippen LogP contribution in [0.15, 0.2) is 0 Å². The summed E-state index contributed by atoms with van der Waals surface area (Å²) in [5.41, 5.74) is 1.02. The highest BCUT2D eigenvalue weighted by Gasteiger charge is 2.45. The average Bonchev–Trinajstić information content (AvgIpc) is 2.82. The summed E-state index contributed by atoms with van der Waals surface area (Å²) in [5.74, 6) is -1.46. The lowest BCUT2D eigenvalue weighted by molar-refractivity contribution is -0.789. The number of thiophene rings is 1. The van der Waals surface area contributed by atoms with Gasteiger partial charge in [-0.1, -0.05) is 0 Å². The molecule has 0 aromatic carbocycles. The van der Waals surface area contributed by atoms with Gasteiger partial charge in [0.1, 0.15) is 10.5 Å². The van der Waals surface area contributed by atoms with E-state index >= 15 is 0 Å². The first kappa shape index (κ1) is 20.4. The summed E-state index contributed by atoms with van der Waals surface area (Å²) < 4.78 is 9.96. The highest BCUT2D eigenvalue weighted by Crippen LogP contribution is 2.42. The Morgan fingerprint density at radius 1 is 1.19 bits per heavy atom. The molecular formula is C18H27N2O5S+. The largest absolute Gasteiger partial charge is 0.462 e. The zero-order valence-electron chi connectivity index (χ0n) is 16.1. The van der Waals surface area contributed by atoms with E-state index in [1.807, 2.05) is 0 Å². The van der Waals surface area contributed by atoms with Crippen LogP contribution >= 0.6 is 11.3 Å². The van der Waals surface area contributed by atoms with Crippen LogP contribution in [0.1, 0.15) is 62.3 Å². The Bertz CT molecular complexity index is 736. The molecular weight excluding hydrogens is 356 g/mol. The molecule has 1 aromatic heterocycles. The van der Waals surface area contributed by atoms with Crippen LogP contribution in [0.25, 0.3) is 0 Å². The number of esters is 2. The minimum Gasteiger partial charge on any atom is -0.462 e. The number of nitrogens with one attached hydrogen (secondary N) is 1. The van der Waals surface area contributed by atoms with E-state index in [4.69, 9.17) is 9.47 Å². The summed E-state index contributed by atoms with van der Waals surface area (Å²) >= 11 is 1.38. The van der Waals surface area contributed by atoms with E-state index in [0.29, 0.717) is 17.0 Å². The van der Waals surface area contributed by atoms with Gasteiger partial charge in [0.25, 0.3) is 5.91 Å². The zero-order chi connectivity index (χ0) is 19.7. The van der Waals surface area contributed by atoms with Gasteiger partial charge in [-0.25, -0.2) is 4.79 Å². The summed E-state index contributed by atoms with van der Waals surface area (Å²) in [6.45, 7) is 11.3. The molecule has 0 spiro atoms. The van der Waals surface area contributed by atoms with E-state index in [2.05, 4.69) is 38.3 Å². The van der Waals surface area contributed by atoms with Crippen LogP contribution in [-0.4, -0.2) is 36.6 Å². The van der Waals surface area contributed by atoms with Crippen molar-refractivity contribution in [1.29, 1.82) is 0 Å². The maximum atomic E-state index is 12.6. The molecule has 8 heteroatoms. The average molecular weight is 383 g/mol. The highest BCUT2D eigenvalue weighted by molar-refractivity contribution is 7.17. The molecule has 0 atom stereocenters. The van der Waals surface area contributed by atoms with Gasteiger partial charge < -0.3 is 20.1 Å². The predicted molar refractivity (Wildman–Crippen MR) is 98.3 cm³/mol. The van der Waals surface area contributed by atoms with Gasteiger partial charge in [-0.15, -0.1) is 11.3 Å². The SMILES string of the molecule is CCOC(=O)c1c(NC(=O)COC(C)=O)sc2c1CC(C)(C)[NH2+]C2(C)C. The molecule has 0 fully saturated rings. The second-order valence-corrected chi connectivity index (χ2v) is 8.71. The third kappa shape index (κ3) is 4.42. The molecule has 1 amide bonds. The van der Waals surface area contributed by atoms with E-state index in [0.717, 1.165) is 10.4 Å². The maximum absolute atomic E-state index is 12.6. The second kappa shape index (κ2) is 7.36. The van der Waals surface area contributed by atoms with Crippen LogP contribution in [0, 0.1) is 0 Å². The van der Waals surface area contributed by atoms with E-state index in [1.165, 1.54) is 18.3 Å². The number of quaternary nitrogens is 1. The molecule has 1 aromatic rings. The van der Waals surface area contributed by atoms with Crippen LogP contribution in [-0.2, 0) is 31.0 Å². The number of carbonyl (C=O) groups excluding carboxylic acids is 3. The van der Waals surface area contributed by atoms with Gasteiger partial charge in [0.05, 0.1) is 22.6 Å². The van der Waals surface area contributed by atoms with Crippen molar-refractivity contribution < 1.29 is 29.2 Å². The van der Waals surface area contributed by atoms with Gasteiger partial charge in [0.2, 0.25) is 0 Å². The fourth-order valence-corrected chi connectivity index (χ4v) is 4.84. The topological polar surface area (TPSA) is 98.3 Å². The number of rotatable bonds is 5.